The van der Waals surface area contributed by atoms with Crippen molar-refractivity contribution in [3.05, 3.63) is 33.6 Å². The Labute approximate surface area is 105 Å². The van der Waals surface area contributed by atoms with Crippen molar-refractivity contribution >= 4 is 21.9 Å². The Hall–Kier alpha value is -1.04. The van der Waals surface area contributed by atoms with Crippen LogP contribution in [0.1, 0.15) is 19.4 Å². The van der Waals surface area contributed by atoms with E-state index in [9.17, 15) is 18.0 Å². The highest BCUT2D eigenvalue weighted by atomic mass is 79.9. The van der Waals surface area contributed by atoms with Gasteiger partial charge in [-0.15, -0.1) is 0 Å². The lowest BCUT2D eigenvalue weighted by Gasteiger charge is -2.19. The minimum Gasteiger partial charge on any atom is -0.481 e. The smallest absolute Gasteiger partial charge is 0.309 e. The maximum atomic E-state index is 13.6. The molecular weight excluding hydrogens is 301 g/mol. The highest BCUT2D eigenvalue weighted by molar-refractivity contribution is 9.10. The van der Waals surface area contributed by atoms with Gasteiger partial charge in [-0.1, -0.05) is 0 Å². The lowest BCUT2D eigenvalue weighted by Crippen LogP contribution is -2.26. The van der Waals surface area contributed by atoms with Crippen LogP contribution in [0.3, 0.4) is 0 Å². The first-order chi connectivity index (χ1) is 7.66. The van der Waals surface area contributed by atoms with Gasteiger partial charge >= 0.3 is 5.97 Å². The zero-order chi connectivity index (χ0) is 13.4. The van der Waals surface area contributed by atoms with Gasteiger partial charge in [0.25, 0.3) is 0 Å². The van der Waals surface area contributed by atoms with E-state index < -0.39 is 33.3 Å². The maximum absolute atomic E-state index is 13.6. The van der Waals surface area contributed by atoms with Gasteiger partial charge in [-0.25, -0.2) is 13.2 Å². The highest BCUT2D eigenvalue weighted by Crippen LogP contribution is 2.30. The molecule has 94 valence electrons. The molecule has 1 aromatic carbocycles. The fourth-order valence-corrected chi connectivity index (χ4v) is 1.75. The number of aliphatic carboxylic acids is 1. The van der Waals surface area contributed by atoms with Crippen LogP contribution in [-0.4, -0.2) is 11.1 Å². The molecule has 1 N–H and O–H groups in total. The molecule has 0 atom stereocenters. The van der Waals surface area contributed by atoms with E-state index >= 15 is 0 Å². The molecule has 0 saturated heterocycles. The van der Waals surface area contributed by atoms with Gasteiger partial charge in [0.1, 0.15) is 5.82 Å². The minimum absolute atomic E-state index is 0.178. The quantitative estimate of drug-likeness (QED) is 0.685. The molecule has 0 unspecified atom stereocenters. The van der Waals surface area contributed by atoms with Crippen molar-refractivity contribution in [1.82, 2.24) is 0 Å². The Bertz CT molecular complexity index is 472. The van der Waals surface area contributed by atoms with Crippen molar-refractivity contribution in [2.24, 2.45) is 5.41 Å². The van der Waals surface area contributed by atoms with E-state index in [4.69, 9.17) is 5.11 Å². The van der Waals surface area contributed by atoms with Crippen LogP contribution in [0.4, 0.5) is 13.2 Å². The molecule has 0 saturated carbocycles. The average molecular weight is 311 g/mol. The normalized spacial score (nSPS) is 11.6. The zero-order valence-electron chi connectivity index (χ0n) is 9.15. The van der Waals surface area contributed by atoms with Crippen LogP contribution in [0.2, 0.25) is 0 Å². The molecule has 0 radical (unpaired) electrons. The number of halogens is 4. The van der Waals surface area contributed by atoms with Gasteiger partial charge in [-0.05, 0) is 47.8 Å². The molecule has 1 aromatic rings. The predicted molar refractivity (Wildman–Crippen MR) is 59.1 cm³/mol. The number of carboxylic acid groups (broad SMARTS) is 1. The van der Waals surface area contributed by atoms with Crippen molar-refractivity contribution < 1.29 is 23.1 Å². The van der Waals surface area contributed by atoms with Gasteiger partial charge in [-0.3, -0.25) is 4.79 Å². The summed E-state index contributed by atoms with van der Waals surface area (Å²) in [5, 5.41) is 8.88. The minimum atomic E-state index is -1.32. The number of rotatable bonds is 3. The summed E-state index contributed by atoms with van der Waals surface area (Å²) in [4.78, 5) is 10.9. The van der Waals surface area contributed by atoms with E-state index in [2.05, 4.69) is 15.9 Å². The van der Waals surface area contributed by atoms with Gasteiger partial charge in [0.05, 0.1) is 9.89 Å². The van der Waals surface area contributed by atoms with Crippen LogP contribution in [0.5, 0.6) is 0 Å². The third-order valence-electron chi connectivity index (χ3n) is 2.39. The first-order valence-electron chi connectivity index (χ1n) is 4.72. The predicted octanol–water partition coefficient (Wildman–Crippen LogP) is 3.52. The summed E-state index contributed by atoms with van der Waals surface area (Å²) in [6.07, 6.45) is -0.232. The van der Waals surface area contributed by atoms with Crippen LogP contribution in [0, 0.1) is 22.9 Å². The van der Waals surface area contributed by atoms with Gasteiger partial charge in [0, 0.05) is 0 Å². The van der Waals surface area contributed by atoms with E-state index in [1.807, 2.05) is 0 Å². The van der Waals surface area contributed by atoms with Crippen molar-refractivity contribution in [2.75, 3.05) is 0 Å². The second-order valence-corrected chi connectivity index (χ2v) is 5.12. The second kappa shape index (κ2) is 4.68. The van der Waals surface area contributed by atoms with Crippen LogP contribution >= 0.6 is 15.9 Å². The first-order valence-corrected chi connectivity index (χ1v) is 5.51. The number of hydrogen-bond acceptors (Lipinski definition) is 1. The molecule has 0 fully saturated rings. The fraction of sp³-hybridized carbons (Fsp3) is 0.364. The summed E-state index contributed by atoms with van der Waals surface area (Å²) >= 11 is 2.59. The topological polar surface area (TPSA) is 37.3 Å². The third-order valence-corrected chi connectivity index (χ3v) is 3.09. The van der Waals surface area contributed by atoms with Gasteiger partial charge in [0.2, 0.25) is 0 Å². The molecule has 0 amide bonds. The van der Waals surface area contributed by atoms with E-state index in [1.165, 1.54) is 13.8 Å². The Morgan fingerprint density at radius 2 is 1.88 bits per heavy atom. The van der Waals surface area contributed by atoms with Crippen LogP contribution in [-0.2, 0) is 11.2 Å². The summed E-state index contributed by atoms with van der Waals surface area (Å²) in [5.41, 5.74) is -1.44. The maximum Gasteiger partial charge on any atom is 0.309 e. The second-order valence-electron chi connectivity index (χ2n) is 4.33. The lowest BCUT2D eigenvalue weighted by molar-refractivity contribution is -0.146. The molecule has 0 heterocycles. The van der Waals surface area contributed by atoms with Crippen molar-refractivity contribution in [2.45, 2.75) is 20.3 Å². The van der Waals surface area contributed by atoms with Gasteiger partial charge in [0.15, 0.2) is 11.6 Å². The molecular formula is C11H10BrF3O2. The van der Waals surface area contributed by atoms with Crippen molar-refractivity contribution in [1.29, 1.82) is 0 Å². The van der Waals surface area contributed by atoms with E-state index in [0.29, 0.717) is 6.07 Å². The molecule has 6 heteroatoms. The monoisotopic (exact) mass is 310 g/mol. The van der Waals surface area contributed by atoms with Gasteiger partial charge in [-0.2, -0.15) is 0 Å². The fourth-order valence-electron chi connectivity index (χ4n) is 1.30. The third kappa shape index (κ3) is 2.80. The molecule has 0 aliphatic heterocycles. The van der Waals surface area contributed by atoms with Crippen LogP contribution < -0.4 is 0 Å². The number of carboxylic acids is 1. The van der Waals surface area contributed by atoms with Crippen molar-refractivity contribution in [3.63, 3.8) is 0 Å². The molecule has 1 rings (SSSR count). The van der Waals surface area contributed by atoms with Crippen molar-refractivity contribution in [3.8, 4) is 0 Å². The summed E-state index contributed by atoms with van der Waals surface area (Å²) in [6.45, 7) is 2.76. The van der Waals surface area contributed by atoms with E-state index in [-0.39, 0.29) is 12.0 Å². The highest BCUT2D eigenvalue weighted by Gasteiger charge is 2.30. The standard InChI is InChI=1S/C11H10BrF3O2/c1-11(2,10(16)17)4-5-3-6(13)9(15)7(12)8(5)14/h3H,4H2,1-2H3,(H,16,17). The molecule has 0 spiro atoms. The Kier molecular flexibility index (Phi) is 3.86. The molecule has 0 bridgehead atoms. The van der Waals surface area contributed by atoms with Crippen LogP contribution in [0.25, 0.3) is 0 Å². The number of carbonyl (C=O) groups is 1. The summed E-state index contributed by atoms with van der Waals surface area (Å²) < 4.78 is 39.0. The number of benzene rings is 1. The Balaban J connectivity index is 3.21. The van der Waals surface area contributed by atoms with Gasteiger partial charge < -0.3 is 5.11 Å². The SMILES string of the molecule is CC(C)(Cc1cc(F)c(F)c(Br)c1F)C(=O)O. The molecule has 0 aliphatic rings. The largest absolute Gasteiger partial charge is 0.481 e. The lowest BCUT2D eigenvalue weighted by atomic mass is 9.86. The first kappa shape index (κ1) is 14.0. The Morgan fingerprint density at radius 3 is 2.35 bits per heavy atom. The van der Waals surface area contributed by atoms with Crippen LogP contribution in [0.15, 0.2) is 10.5 Å². The summed E-state index contributed by atoms with van der Waals surface area (Å²) in [5.74, 6) is -4.65. The molecule has 17 heavy (non-hydrogen) atoms. The average Bonchev–Trinajstić information content (AvgIpc) is 2.22. The molecule has 0 aromatic heterocycles. The number of hydrogen-bond donors (Lipinski definition) is 1. The zero-order valence-corrected chi connectivity index (χ0v) is 10.7. The van der Waals surface area contributed by atoms with E-state index in [1.54, 1.807) is 0 Å². The summed E-state index contributed by atoms with van der Waals surface area (Å²) in [6, 6.07) is 0.681. The molecule has 0 aliphatic carbocycles. The Morgan fingerprint density at radius 1 is 1.35 bits per heavy atom. The van der Waals surface area contributed by atoms with E-state index in [0.717, 1.165) is 0 Å². The summed E-state index contributed by atoms with van der Waals surface area (Å²) in [7, 11) is 0. The molecule has 2 nitrogen and oxygen atoms in total.